The highest BCUT2D eigenvalue weighted by molar-refractivity contribution is 5.98. The van der Waals surface area contributed by atoms with Gasteiger partial charge in [-0.3, -0.25) is 4.79 Å². The highest BCUT2D eigenvalue weighted by atomic mass is 19.4. The van der Waals surface area contributed by atoms with Gasteiger partial charge in [0.15, 0.2) is 13.2 Å². The predicted molar refractivity (Wildman–Crippen MR) is 97.8 cm³/mol. The molecule has 1 unspecified atom stereocenters. The van der Waals surface area contributed by atoms with E-state index < -0.39 is 25.4 Å². The number of fused-ring (bicyclic) bond motifs is 1. The number of carbonyl (C=O) groups excluding carboxylic acids is 2. The van der Waals surface area contributed by atoms with Crippen LogP contribution in [0.2, 0.25) is 0 Å². The lowest BCUT2D eigenvalue weighted by Gasteiger charge is -2.35. The van der Waals surface area contributed by atoms with E-state index in [0.29, 0.717) is 0 Å². The molecular formula is C20H19F3N2O4. The van der Waals surface area contributed by atoms with E-state index in [1.54, 1.807) is 4.90 Å². The van der Waals surface area contributed by atoms with Crippen LogP contribution in [-0.4, -0.2) is 42.3 Å². The number of anilines is 1. The number of pyridine rings is 1. The molecule has 0 saturated carbocycles. The van der Waals surface area contributed by atoms with E-state index in [9.17, 15) is 22.8 Å². The van der Waals surface area contributed by atoms with Crippen LogP contribution in [0.1, 0.15) is 29.3 Å². The summed E-state index contributed by atoms with van der Waals surface area (Å²) >= 11 is 0. The number of carbonyl (C=O) groups is 2. The SMILES string of the molecule is CC1CCc2ccccc2N1C(=O)COC(=O)c1ccc(OCC(F)(F)F)nc1. The molecule has 6 nitrogen and oxygen atoms in total. The van der Waals surface area contributed by atoms with Crippen LogP contribution in [0.4, 0.5) is 18.9 Å². The molecule has 1 aromatic carbocycles. The number of hydrogen-bond acceptors (Lipinski definition) is 5. The molecular weight excluding hydrogens is 389 g/mol. The van der Waals surface area contributed by atoms with Crippen molar-refractivity contribution in [3.8, 4) is 5.88 Å². The van der Waals surface area contributed by atoms with Crippen LogP contribution >= 0.6 is 0 Å². The summed E-state index contributed by atoms with van der Waals surface area (Å²) in [5.41, 5.74) is 1.87. The summed E-state index contributed by atoms with van der Waals surface area (Å²) in [4.78, 5) is 30.0. The number of hydrogen-bond donors (Lipinski definition) is 0. The van der Waals surface area contributed by atoms with Gasteiger partial charge in [0, 0.05) is 24.0 Å². The van der Waals surface area contributed by atoms with Gasteiger partial charge in [-0.25, -0.2) is 9.78 Å². The fraction of sp³-hybridized carbons (Fsp3) is 0.350. The van der Waals surface area contributed by atoms with E-state index in [0.717, 1.165) is 36.4 Å². The second-order valence-corrected chi connectivity index (χ2v) is 6.65. The van der Waals surface area contributed by atoms with Crippen molar-refractivity contribution in [2.24, 2.45) is 0 Å². The summed E-state index contributed by atoms with van der Waals surface area (Å²) in [6.45, 7) is -0.00310. The van der Waals surface area contributed by atoms with Gasteiger partial charge in [-0.2, -0.15) is 13.2 Å². The van der Waals surface area contributed by atoms with Gasteiger partial charge in [-0.15, -0.1) is 0 Å². The maximum absolute atomic E-state index is 12.6. The summed E-state index contributed by atoms with van der Waals surface area (Å²) in [7, 11) is 0. The van der Waals surface area contributed by atoms with E-state index in [4.69, 9.17) is 4.74 Å². The first-order valence-corrected chi connectivity index (χ1v) is 8.97. The van der Waals surface area contributed by atoms with E-state index in [1.807, 2.05) is 31.2 Å². The van der Waals surface area contributed by atoms with Gasteiger partial charge in [0.05, 0.1) is 5.56 Å². The minimum Gasteiger partial charge on any atom is -0.468 e. The molecule has 1 aliphatic rings. The Balaban J connectivity index is 1.58. The smallest absolute Gasteiger partial charge is 0.422 e. The summed E-state index contributed by atoms with van der Waals surface area (Å²) in [6, 6.07) is 9.90. The van der Waals surface area contributed by atoms with Gasteiger partial charge in [0.1, 0.15) is 0 Å². The van der Waals surface area contributed by atoms with E-state index in [1.165, 1.54) is 6.07 Å². The first-order valence-electron chi connectivity index (χ1n) is 8.97. The molecule has 2 aromatic rings. The molecule has 1 aromatic heterocycles. The van der Waals surface area contributed by atoms with Crippen LogP contribution in [-0.2, 0) is 16.0 Å². The Labute approximate surface area is 165 Å². The van der Waals surface area contributed by atoms with Crippen molar-refractivity contribution in [2.45, 2.75) is 32.0 Å². The minimum absolute atomic E-state index is 0.00394. The number of nitrogens with zero attached hydrogens (tertiary/aromatic N) is 2. The minimum atomic E-state index is -4.48. The van der Waals surface area contributed by atoms with Crippen molar-refractivity contribution < 1.29 is 32.2 Å². The first-order chi connectivity index (χ1) is 13.7. The first kappa shape index (κ1) is 20.6. The summed E-state index contributed by atoms with van der Waals surface area (Å²) in [6.07, 6.45) is -1.77. The number of alkyl halides is 3. The number of amides is 1. The topological polar surface area (TPSA) is 68.7 Å². The molecule has 0 saturated heterocycles. The van der Waals surface area contributed by atoms with Crippen LogP contribution in [0.5, 0.6) is 5.88 Å². The van der Waals surface area contributed by atoms with E-state index >= 15 is 0 Å². The molecule has 29 heavy (non-hydrogen) atoms. The average Bonchev–Trinajstić information content (AvgIpc) is 2.70. The molecule has 9 heteroatoms. The van der Waals surface area contributed by atoms with Crippen LogP contribution in [0.15, 0.2) is 42.6 Å². The molecule has 3 rings (SSSR count). The third-order valence-corrected chi connectivity index (χ3v) is 4.47. The van der Waals surface area contributed by atoms with Crippen molar-refractivity contribution in [1.82, 2.24) is 4.98 Å². The number of rotatable bonds is 5. The lowest BCUT2D eigenvalue weighted by Crippen LogP contribution is -2.44. The monoisotopic (exact) mass is 408 g/mol. The zero-order valence-electron chi connectivity index (χ0n) is 15.6. The normalized spacial score (nSPS) is 16.1. The molecule has 0 fully saturated rings. The molecule has 154 valence electrons. The van der Waals surface area contributed by atoms with Gasteiger partial charge in [0.2, 0.25) is 5.88 Å². The zero-order valence-corrected chi connectivity index (χ0v) is 15.6. The predicted octanol–water partition coefficient (Wildman–Crippen LogP) is 3.55. The van der Waals surface area contributed by atoms with Crippen molar-refractivity contribution in [1.29, 1.82) is 0 Å². The van der Waals surface area contributed by atoms with Crippen molar-refractivity contribution in [2.75, 3.05) is 18.1 Å². The van der Waals surface area contributed by atoms with Crippen LogP contribution < -0.4 is 9.64 Å². The largest absolute Gasteiger partial charge is 0.468 e. The van der Waals surface area contributed by atoms with Gasteiger partial charge in [-0.05, 0) is 37.5 Å². The Bertz CT molecular complexity index is 884. The fourth-order valence-corrected chi connectivity index (χ4v) is 3.09. The van der Waals surface area contributed by atoms with Gasteiger partial charge in [0.25, 0.3) is 5.91 Å². The number of aromatic nitrogens is 1. The Kier molecular flexibility index (Phi) is 6.05. The quantitative estimate of drug-likeness (QED) is 0.708. The molecule has 1 atom stereocenters. The maximum atomic E-state index is 12.6. The number of halogens is 3. The number of benzene rings is 1. The molecule has 0 aliphatic carbocycles. The lowest BCUT2D eigenvalue weighted by molar-refractivity contribution is -0.154. The highest BCUT2D eigenvalue weighted by Gasteiger charge is 2.29. The van der Waals surface area contributed by atoms with Gasteiger partial charge < -0.3 is 14.4 Å². The Morgan fingerprint density at radius 2 is 1.97 bits per heavy atom. The van der Waals surface area contributed by atoms with Gasteiger partial charge in [-0.1, -0.05) is 18.2 Å². The van der Waals surface area contributed by atoms with Crippen molar-refractivity contribution in [3.05, 3.63) is 53.7 Å². The summed E-state index contributed by atoms with van der Waals surface area (Å²) < 4.78 is 46.0. The molecule has 0 radical (unpaired) electrons. The highest BCUT2D eigenvalue weighted by Crippen LogP contribution is 2.30. The molecule has 0 N–H and O–H groups in total. The number of para-hydroxylation sites is 1. The van der Waals surface area contributed by atoms with Crippen LogP contribution in [0, 0.1) is 0 Å². The number of aryl methyl sites for hydroxylation is 1. The lowest BCUT2D eigenvalue weighted by atomic mass is 9.96. The van der Waals surface area contributed by atoms with Crippen molar-refractivity contribution >= 4 is 17.6 Å². The Hall–Kier alpha value is -3.10. The molecule has 1 aliphatic heterocycles. The van der Waals surface area contributed by atoms with E-state index in [2.05, 4.69) is 9.72 Å². The Morgan fingerprint density at radius 1 is 1.21 bits per heavy atom. The third-order valence-electron chi connectivity index (χ3n) is 4.47. The van der Waals surface area contributed by atoms with E-state index in [-0.39, 0.29) is 23.4 Å². The zero-order chi connectivity index (χ0) is 21.0. The molecule has 2 heterocycles. The summed E-state index contributed by atoms with van der Waals surface area (Å²) in [5, 5.41) is 0. The number of esters is 1. The number of ether oxygens (including phenoxy) is 2. The third kappa shape index (κ3) is 5.24. The van der Waals surface area contributed by atoms with Crippen LogP contribution in [0.25, 0.3) is 0 Å². The molecule has 0 bridgehead atoms. The second kappa shape index (κ2) is 8.50. The fourth-order valence-electron chi connectivity index (χ4n) is 3.09. The van der Waals surface area contributed by atoms with Crippen LogP contribution in [0.3, 0.4) is 0 Å². The van der Waals surface area contributed by atoms with Crippen molar-refractivity contribution in [3.63, 3.8) is 0 Å². The molecule has 0 spiro atoms. The molecule has 1 amide bonds. The summed E-state index contributed by atoms with van der Waals surface area (Å²) in [5.74, 6) is -1.42. The Morgan fingerprint density at radius 3 is 2.66 bits per heavy atom. The maximum Gasteiger partial charge on any atom is 0.422 e. The standard InChI is InChI=1S/C20H19F3N2O4/c1-13-6-7-14-4-2-3-5-16(14)25(13)18(26)11-28-19(27)15-8-9-17(24-10-15)29-12-20(21,22)23/h2-5,8-10,13H,6-7,11-12H2,1H3. The van der Waals surface area contributed by atoms with Gasteiger partial charge >= 0.3 is 12.1 Å². The second-order valence-electron chi connectivity index (χ2n) is 6.65. The average molecular weight is 408 g/mol.